The number of rotatable bonds is 2. The first-order valence-corrected chi connectivity index (χ1v) is 6.75. The number of hydrogen-bond donors (Lipinski definition) is 1. The zero-order valence-electron chi connectivity index (χ0n) is 9.42. The minimum Gasteiger partial charge on any atom is -0.317 e. The smallest absolute Gasteiger partial charge is 0.0571 e. The normalized spacial score (nSPS) is 18.0. The minimum atomic E-state index is 0.661. The molecular formula is C12H18N2S. The summed E-state index contributed by atoms with van der Waals surface area (Å²) in [5, 5.41) is 3.40. The van der Waals surface area contributed by atoms with Gasteiger partial charge < -0.3 is 5.32 Å². The zero-order chi connectivity index (χ0) is 10.7. The molecule has 0 aliphatic carbocycles. The quantitative estimate of drug-likeness (QED) is 0.779. The van der Waals surface area contributed by atoms with E-state index in [9.17, 15) is 0 Å². The molecule has 3 heteroatoms. The minimum absolute atomic E-state index is 0.661. The molecule has 15 heavy (non-hydrogen) atoms. The van der Waals surface area contributed by atoms with Crippen molar-refractivity contribution in [1.82, 2.24) is 10.3 Å². The average Bonchev–Trinajstić information content (AvgIpc) is 2.30. The SMILES string of the molecule is CSc1cc(C)cnc1C1CCNCC1. The van der Waals surface area contributed by atoms with Crippen molar-refractivity contribution in [2.75, 3.05) is 19.3 Å². The number of piperidine rings is 1. The molecule has 0 spiro atoms. The summed E-state index contributed by atoms with van der Waals surface area (Å²) in [6.07, 6.45) is 6.59. The van der Waals surface area contributed by atoms with E-state index in [1.807, 2.05) is 18.0 Å². The van der Waals surface area contributed by atoms with Gasteiger partial charge in [0.25, 0.3) is 0 Å². The maximum absolute atomic E-state index is 4.62. The van der Waals surface area contributed by atoms with Crippen LogP contribution in [0.25, 0.3) is 0 Å². The van der Waals surface area contributed by atoms with Gasteiger partial charge >= 0.3 is 0 Å². The molecule has 2 nitrogen and oxygen atoms in total. The van der Waals surface area contributed by atoms with Gasteiger partial charge in [-0.05, 0) is 50.7 Å². The Morgan fingerprint density at radius 1 is 1.40 bits per heavy atom. The van der Waals surface area contributed by atoms with Crippen molar-refractivity contribution in [2.45, 2.75) is 30.6 Å². The summed E-state index contributed by atoms with van der Waals surface area (Å²) in [6.45, 7) is 4.38. The first-order chi connectivity index (χ1) is 7.31. The second-order valence-corrected chi connectivity index (χ2v) is 4.97. The number of nitrogens with zero attached hydrogens (tertiary/aromatic N) is 1. The van der Waals surface area contributed by atoms with Crippen molar-refractivity contribution < 1.29 is 0 Å². The molecule has 1 aromatic rings. The van der Waals surface area contributed by atoms with Gasteiger partial charge in [0.15, 0.2) is 0 Å². The van der Waals surface area contributed by atoms with Gasteiger partial charge in [-0.2, -0.15) is 0 Å². The Kier molecular flexibility index (Phi) is 3.65. The Labute approximate surface area is 95.9 Å². The highest BCUT2D eigenvalue weighted by atomic mass is 32.2. The van der Waals surface area contributed by atoms with Crippen molar-refractivity contribution in [1.29, 1.82) is 0 Å². The molecule has 1 aliphatic heterocycles. The molecule has 1 saturated heterocycles. The molecule has 2 rings (SSSR count). The fourth-order valence-corrected chi connectivity index (χ4v) is 2.85. The number of thioether (sulfide) groups is 1. The molecular weight excluding hydrogens is 204 g/mol. The number of aromatic nitrogens is 1. The van der Waals surface area contributed by atoms with E-state index in [1.165, 1.54) is 29.0 Å². The fourth-order valence-electron chi connectivity index (χ4n) is 2.12. The molecule has 0 bridgehead atoms. The Morgan fingerprint density at radius 2 is 2.13 bits per heavy atom. The first-order valence-electron chi connectivity index (χ1n) is 5.52. The molecule has 0 aromatic carbocycles. The van der Waals surface area contributed by atoms with Gasteiger partial charge in [0.05, 0.1) is 5.69 Å². The van der Waals surface area contributed by atoms with E-state index in [1.54, 1.807) is 0 Å². The predicted molar refractivity (Wildman–Crippen MR) is 65.6 cm³/mol. The maximum Gasteiger partial charge on any atom is 0.0571 e. The number of nitrogens with one attached hydrogen (secondary N) is 1. The maximum atomic E-state index is 4.62. The van der Waals surface area contributed by atoms with Crippen LogP contribution in [0.4, 0.5) is 0 Å². The summed E-state index contributed by atoms with van der Waals surface area (Å²) in [5.41, 5.74) is 2.58. The van der Waals surface area contributed by atoms with Gasteiger partial charge in [0.2, 0.25) is 0 Å². The third-order valence-electron chi connectivity index (χ3n) is 2.96. The van der Waals surface area contributed by atoms with Crippen LogP contribution < -0.4 is 5.32 Å². The van der Waals surface area contributed by atoms with Gasteiger partial charge in [0, 0.05) is 17.0 Å². The molecule has 1 aliphatic rings. The molecule has 0 atom stereocenters. The summed E-state index contributed by atoms with van der Waals surface area (Å²) in [5.74, 6) is 0.661. The number of aryl methyl sites for hydroxylation is 1. The lowest BCUT2D eigenvalue weighted by atomic mass is 9.94. The van der Waals surface area contributed by atoms with Crippen molar-refractivity contribution in [3.8, 4) is 0 Å². The second-order valence-electron chi connectivity index (χ2n) is 4.12. The van der Waals surface area contributed by atoms with Gasteiger partial charge in [0.1, 0.15) is 0 Å². The van der Waals surface area contributed by atoms with Crippen LogP contribution in [0.3, 0.4) is 0 Å². The van der Waals surface area contributed by atoms with Crippen LogP contribution in [0.15, 0.2) is 17.2 Å². The number of pyridine rings is 1. The van der Waals surface area contributed by atoms with Crippen LogP contribution in [-0.4, -0.2) is 24.3 Å². The summed E-state index contributed by atoms with van der Waals surface area (Å²) < 4.78 is 0. The van der Waals surface area contributed by atoms with Crippen LogP contribution in [0, 0.1) is 6.92 Å². The van der Waals surface area contributed by atoms with E-state index in [0.29, 0.717) is 5.92 Å². The van der Waals surface area contributed by atoms with Crippen molar-refractivity contribution in [3.05, 3.63) is 23.5 Å². The lowest BCUT2D eigenvalue weighted by molar-refractivity contribution is 0.448. The van der Waals surface area contributed by atoms with E-state index >= 15 is 0 Å². The highest BCUT2D eigenvalue weighted by Crippen LogP contribution is 2.31. The average molecular weight is 222 g/mol. The molecule has 0 radical (unpaired) electrons. The van der Waals surface area contributed by atoms with Gasteiger partial charge in [-0.25, -0.2) is 0 Å². The van der Waals surface area contributed by atoms with Gasteiger partial charge in [-0.3, -0.25) is 4.98 Å². The third kappa shape index (κ3) is 2.52. The van der Waals surface area contributed by atoms with E-state index in [2.05, 4.69) is 29.5 Å². The molecule has 0 unspecified atom stereocenters. The van der Waals surface area contributed by atoms with Crippen molar-refractivity contribution >= 4 is 11.8 Å². The largest absolute Gasteiger partial charge is 0.317 e. The molecule has 2 heterocycles. The topological polar surface area (TPSA) is 24.9 Å². The van der Waals surface area contributed by atoms with Crippen LogP contribution in [-0.2, 0) is 0 Å². The molecule has 1 aromatic heterocycles. The zero-order valence-corrected chi connectivity index (χ0v) is 10.2. The first kappa shape index (κ1) is 11.0. The van der Waals surface area contributed by atoms with Gasteiger partial charge in [-0.15, -0.1) is 11.8 Å². The molecule has 0 amide bonds. The lowest BCUT2D eigenvalue weighted by Crippen LogP contribution is -2.27. The predicted octanol–water partition coefficient (Wildman–Crippen LogP) is 2.58. The Bertz CT molecular complexity index is 332. The number of hydrogen-bond acceptors (Lipinski definition) is 3. The summed E-state index contributed by atoms with van der Waals surface area (Å²) in [7, 11) is 0. The monoisotopic (exact) mass is 222 g/mol. The van der Waals surface area contributed by atoms with Crippen molar-refractivity contribution in [3.63, 3.8) is 0 Å². The summed E-state index contributed by atoms with van der Waals surface area (Å²) >= 11 is 1.82. The van der Waals surface area contributed by atoms with Gasteiger partial charge in [-0.1, -0.05) is 0 Å². The standard InChI is InChI=1S/C12H18N2S/c1-9-7-11(15-2)12(14-8-9)10-3-5-13-6-4-10/h7-8,10,13H,3-6H2,1-2H3. The van der Waals surface area contributed by atoms with Crippen LogP contribution in [0.2, 0.25) is 0 Å². The van der Waals surface area contributed by atoms with E-state index in [4.69, 9.17) is 0 Å². The van der Waals surface area contributed by atoms with E-state index in [0.717, 1.165) is 13.1 Å². The van der Waals surface area contributed by atoms with E-state index < -0.39 is 0 Å². The molecule has 82 valence electrons. The Hall–Kier alpha value is -0.540. The Morgan fingerprint density at radius 3 is 2.80 bits per heavy atom. The van der Waals surface area contributed by atoms with Crippen molar-refractivity contribution in [2.24, 2.45) is 0 Å². The van der Waals surface area contributed by atoms with E-state index in [-0.39, 0.29) is 0 Å². The lowest BCUT2D eigenvalue weighted by Gasteiger charge is -2.23. The Balaban J connectivity index is 2.25. The fraction of sp³-hybridized carbons (Fsp3) is 0.583. The third-order valence-corrected chi connectivity index (χ3v) is 3.73. The highest BCUT2D eigenvalue weighted by molar-refractivity contribution is 7.98. The molecule has 0 saturated carbocycles. The highest BCUT2D eigenvalue weighted by Gasteiger charge is 2.19. The van der Waals surface area contributed by atoms with Crippen LogP contribution >= 0.6 is 11.8 Å². The summed E-state index contributed by atoms with van der Waals surface area (Å²) in [4.78, 5) is 5.99. The molecule has 1 N–H and O–H groups in total. The summed E-state index contributed by atoms with van der Waals surface area (Å²) in [6, 6.07) is 2.26. The molecule has 1 fully saturated rings. The van der Waals surface area contributed by atoms with Crippen LogP contribution in [0.1, 0.15) is 30.0 Å². The van der Waals surface area contributed by atoms with Crippen LogP contribution in [0.5, 0.6) is 0 Å². The second kappa shape index (κ2) is 4.99.